The summed E-state index contributed by atoms with van der Waals surface area (Å²) in [5.74, 6) is -0.273. The Bertz CT molecular complexity index is 728. The van der Waals surface area contributed by atoms with Gasteiger partial charge in [0.25, 0.3) is 0 Å². The van der Waals surface area contributed by atoms with E-state index in [9.17, 15) is 4.79 Å². The van der Waals surface area contributed by atoms with Crippen LogP contribution in [0.15, 0.2) is 48.7 Å². The maximum Gasteiger partial charge on any atom is 0.339 e. The molecule has 0 aliphatic rings. The van der Waals surface area contributed by atoms with Gasteiger partial charge >= 0.3 is 5.97 Å². The van der Waals surface area contributed by atoms with E-state index in [4.69, 9.17) is 4.74 Å². The molecule has 0 saturated carbocycles. The third-order valence-electron chi connectivity index (χ3n) is 2.99. The summed E-state index contributed by atoms with van der Waals surface area (Å²) in [6.45, 7) is 2.20. The number of hydrogen-bond acceptors (Lipinski definition) is 2. The number of aromatic nitrogens is 1. The van der Waals surface area contributed by atoms with Crippen LogP contribution in [0.4, 0.5) is 0 Å². The molecular weight excluding hydrogens is 226 g/mol. The summed E-state index contributed by atoms with van der Waals surface area (Å²) in [5.41, 5.74) is 2.68. The molecule has 0 amide bonds. The number of ether oxygens (including phenoxy) is 1. The van der Waals surface area contributed by atoms with Gasteiger partial charge in [-0.2, -0.15) is 0 Å². The zero-order valence-corrected chi connectivity index (χ0v) is 10.1. The van der Waals surface area contributed by atoms with E-state index < -0.39 is 0 Å². The summed E-state index contributed by atoms with van der Waals surface area (Å²) in [7, 11) is 0. The number of carbonyl (C=O) groups is 1. The minimum absolute atomic E-state index is 0.273. The van der Waals surface area contributed by atoms with Gasteiger partial charge < -0.3 is 9.14 Å². The van der Waals surface area contributed by atoms with Crippen LogP contribution in [-0.4, -0.2) is 17.0 Å². The number of nitrogens with zero attached hydrogens (tertiary/aromatic N) is 1. The number of hydrogen-bond donors (Lipinski definition) is 0. The van der Waals surface area contributed by atoms with Crippen molar-refractivity contribution in [3.8, 4) is 0 Å². The minimum Gasteiger partial charge on any atom is -0.462 e. The topological polar surface area (TPSA) is 30.7 Å². The largest absolute Gasteiger partial charge is 0.462 e. The molecule has 2 aromatic heterocycles. The van der Waals surface area contributed by atoms with Crippen molar-refractivity contribution in [3.05, 3.63) is 54.2 Å². The van der Waals surface area contributed by atoms with Crippen LogP contribution in [0.1, 0.15) is 17.3 Å². The average molecular weight is 239 g/mol. The molecule has 3 aromatic rings. The van der Waals surface area contributed by atoms with Gasteiger partial charge in [0.15, 0.2) is 0 Å². The third-order valence-corrected chi connectivity index (χ3v) is 2.99. The van der Waals surface area contributed by atoms with Gasteiger partial charge in [-0.05, 0) is 30.5 Å². The van der Waals surface area contributed by atoms with E-state index in [-0.39, 0.29) is 5.97 Å². The van der Waals surface area contributed by atoms with Crippen molar-refractivity contribution in [1.82, 2.24) is 4.40 Å². The van der Waals surface area contributed by atoms with E-state index in [0.717, 1.165) is 16.4 Å². The molecule has 0 aliphatic carbocycles. The molecule has 0 unspecified atom stereocenters. The second kappa shape index (κ2) is 4.18. The molecule has 18 heavy (non-hydrogen) atoms. The van der Waals surface area contributed by atoms with Crippen LogP contribution in [0.3, 0.4) is 0 Å². The second-order valence-corrected chi connectivity index (χ2v) is 4.14. The first-order valence-electron chi connectivity index (χ1n) is 5.96. The Morgan fingerprint density at radius 2 is 2.06 bits per heavy atom. The molecule has 2 heterocycles. The van der Waals surface area contributed by atoms with Gasteiger partial charge in [-0.15, -0.1) is 0 Å². The molecule has 0 N–H and O–H groups in total. The third kappa shape index (κ3) is 1.64. The van der Waals surface area contributed by atoms with Crippen LogP contribution in [0.5, 0.6) is 0 Å². The number of rotatable bonds is 2. The lowest BCUT2D eigenvalue weighted by molar-refractivity contribution is 0.0526. The Balaban J connectivity index is 2.22. The van der Waals surface area contributed by atoms with Crippen LogP contribution < -0.4 is 0 Å². The number of benzene rings is 1. The number of para-hydroxylation sites is 1. The molecule has 90 valence electrons. The summed E-state index contributed by atoms with van der Waals surface area (Å²) in [4.78, 5) is 11.7. The summed E-state index contributed by atoms with van der Waals surface area (Å²) in [5, 5.41) is 1.15. The number of pyridine rings is 1. The van der Waals surface area contributed by atoms with E-state index in [2.05, 4.69) is 12.1 Å². The van der Waals surface area contributed by atoms with Crippen molar-refractivity contribution >= 4 is 22.4 Å². The van der Waals surface area contributed by atoms with E-state index in [0.29, 0.717) is 12.2 Å². The van der Waals surface area contributed by atoms with Gasteiger partial charge in [0, 0.05) is 11.7 Å². The molecule has 3 nitrogen and oxygen atoms in total. The predicted molar refractivity (Wildman–Crippen MR) is 70.9 cm³/mol. The standard InChI is InChI=1S/C15H13NO2/c1-2-18-15(17)12-9-13-8-7-11-5-3-4-6-14(11)16(13)10-12/h3-10H,2H2,1H3. The Morgan fingerprint density at radius 1 is 1.22 bits per heavy atom. The van der Waals surface area contributed by atoms with Crippen molar-refractivity contribution in [2.45, 2.75) is 6.92 Å². The fourth-order valence-corrected chi connectivity index (χ4v) is 2.17. The van der Waals surface area contributed by atoms with Gasteiger partial charge in [0.1, 0.15) is 0 Å². The van der Waals surface area contributed by atoms with Crippen LogP contribution in [0, 0.1) is 0 Å². The van der Waals surface area contributed by atoms with E-state index in [1.165, 1.54) is 0 Å². The predicted octanol–water partition coefficient (Wildman–Crippen LogP) is 3.27. The number of fused-ring (bicyclic) bond motifs is 3. The van der Waals surface area contributed by atoms with Crippen molar-refractivity contribution in [2.75, 3.05) is 6.61 Å². The average Bonchev–Trinajstić information content (AvgIpc) is 2.83. The maximum absolute atomic E-state index is 11.7. The smallest absolute Gasteiger partial charge is 0.339 e. The fraction of sp³-hybridized carbons (Fsp3) is 0.133. The Morgan fingerprint density at radius 3 is 2.89 bits per heavy atom. The van der Waals surface area contributed by atoms with Crippen molar-refractivity contribution in [2.24, 2.45) is 0 Å². The van der Waals surface area contributed by atoms with Crippen molar-refractivity contribution in [3.63, 3.8) is 0 Å². The highest BCUT2D eigenvalue weighted by Gasteiger charge is 2.10. The Hall–Kier alpha value is -2.29. The van der Waals surface area contributed by atoms with Crippen LogP contribution >= 0.6 is 0 Å². The van der Waals surface area contributed by atoms with E-state index in [1.54, 1.807) is 0 Å². The van der Waals surface area contributed by atoms with E-state index in [1.807, 2.05) is 47.9 Å². The highest BCUT2D eigenvalue weighted by molar-refractivity contribution is 5.93. The lowest BCUT2D eigenvalue weighted by atomic mass is 10.2. The quantitative estimate of drug-likeness (QED) is 0.642. The summed E-state index contributed by atoms with van der Waals surface area (Å²) < 4.78 is 7.03. The van der Waals surface area contributed by atoms with Crippen molar-refractivity contribution in [1.29, 1.82) is 0 Å². The first kappa shape index (κ1) is 10.8. The second-order valence-electron chi connectivity index (χ2n) is 4.14. The summed E-state index contributed by atoms with van der Waals surface area (Å²) >= 11 is 0. The highest BCUT2D eigenvalue weighted by Crippen LogP contribution is 2.19. The molecule has 0 spiro atoms. The number of esters is 1. The lowest BCUT2D eigenvalue weighted by Crippen LogP contribution is -2.02. The normalized spacial score (nSPS) is 10.9. The van der Waals surface area contributed by atoms with Gasteiger partial charge in [-0.25, -0.2) is 4.79 Å². The summed E-state index contributed by atoms with van der Waals surface area (Å²) in [6, 6.07) is 14.0. The Kier molecular flexibility index (Phi) is 2.52. The van der Waals surface area contributed by atoms with E-state index >= 15 is 0 Å². The molecule has 0 saturated heterocycles. The summed E-state index contributed by atoms with van der Waals surface area (Å²) in [6.07, 6.45) is 1.83. The van der Waals surface area contributed by atoms with Gasteiger partial charge in [-0.1, -0.05) is 24.3 Å². The van der Waals surface area contributed by atoms with Crippen LogP contribution in [-0.2, 0) is 4.74 Å². The maximum atomic E-state index is 11.7. The lowest BCUT2D eigenvalue weighted by Gasteiger charge is -2.01. The molecule has 0 aliphatic heterocycles. The first-order chi connectivity index (χ1) is 8.79. The molecule has 3 heteroatoms. The minimum atomic E-state index is -0.273. The molecular formula is C15H13NO2. The Labute approximate surface area is 105 Å². The molecule has 0 atom stereocenters. The van der Waals surface area contributed by atoms with Gasteiger partial charge in [-0.3, -0.25) is 0 Å². The molecule has 3 rings (SSSR count). The molecule has 0 bridgehead atoms. The fourth-order valence-electron chi connectivity index (χ4n) is 2.17. The number of carbonyl (C=O) groups excluding carboxylic acids is 1. The van der Waals surface area contributed by atoms with Gasteiger partial charge in [0.2, 0.25) is 0 Å². The SMILES string of the molecule is CCOC(=O)c1cc2ccc3ccccc3n2c1. The van der Waals surface area contributed by atoms with Crippen LogP contribution in [0.2, 0.25) is 0 Å². The first-order valence-corrected chi connectivity index (χ1v) is 5.96. The molecule has 0 fully saturated rings. The highest BCUT2D eigenvalue weighted by atomic mass is 16.5. The molecule has 1 aromatic carbocycles. The zero-order chi connectivity index (χ0) is 12.5. The van der Waals surface area contributed by atoms with Crippen molar-refractivity contribution < 1.29 is 9.53 Å². The zero-order valence-electron chi connectivity index (χ0n) is 10.1. The van der Waals surface area contributed by atoms with Gasteiger partial charge in [0.05, 0.1) is 17.7 Å². The molecule has 0 radical (unpaired) electrons. The van der Waals surface area contributed by atoms with Crippen LogP contribution in [0.25, 0.3) is 16.4 Å². The monoisotopic (exact) mass is 239 g/mol.